The van der Waals surface area contributed by atoms with Crippen molar-refractivity contribution in [1.82, 2.24) is 9.97 Å². The highest BCUT2D eigenvalue weighted by Crippen LogP contribution is 2.36. The second kappa shape index (κ2) is 7.62. The van der Waals surface area contributed by atoms with Crippen molar-refractivity contribution in [2.75, 3.05) is 30.3 Å². The second-order valence-electron chi connectivity index (χ2n) is 6.80. The molecule has 5 nitrogen and oxygen atoms in total. The van der Waals surface area contributed by atoms with Crippen molar-refractivity contribution in [3.05, 3.63) is 48.2 Å². The van der Waals surface area contributed by atoms with Crippen molar-refractivity contribution in [3.8, 4) is 0 Å². The van der Waals surface area contributed by atoms with E-state index in [2.05, 4.69) is 39.1 Å². The molecule has 2 aromatic rings. The largest absolute Gasteiger partial charge is 0.396 e. The summed E-state index contributed by atoms with van der Waals surface area (Å²) >= 11 is 0. The van der Waals surface area contributed by atoms with Gasteiger partial charge in [-0.15, -0.1) is 0 Å². The van der Waals surface area contributed by atoms with Crippen LogP contribution in [0.3, 0.4) is 0 Å². The number of hydrogen-bond acceptors (Lipinski definition) is 5. The van der Waals surface area contributed by atoms with Crippen molar-refractivity contribution >= 4 is 11.8 Å². The van der Waals surface area contributed by atoms with Gasteiger partial charge in [0.15, 0.2) is 0 Å². The molecule has 0 aliphatic carbocycles. The van der Waals surface area contributed by atoms with Crippen LogP contribution in [0.5, 0.6) is 0 Å². The van der Waals surface area contributed by atoms with Gasteiger partial charge in [-0.25, -0.2) is 4.98 Å². The van der Waals surface area contributed by atoms with E-state index in [1.807, 2.05) is 12.1 Å². The quantitative estimate of drug-likeness (QED) is 0.853. The Labute approximate surface area is 143 Å². The Balaban J connectivity index is 1.63. The fourth-order valence-corrected chi connectivity index (χ4v) is 3.67. The molecule has 1 saturated heterocycles. The lowest BCUT2D eigenvalue weighted by Gasteiger charge is -2.42. The van der Waals surface area contributed by atoms with Crippen molar-refractivity contribution in [3.63, 3.8) is 0 Å². The number of aryl methyl sites for hydroxylation is 1. The van der Waals surface area contributed by atoms with Gasteiger partial charge >= 0.3 is 0 Å². The summed E-state index contributed by atoms with van der Waals surface area (Å²) in [4.78, 5) is 10.5. The highest BCUT2D eigenvalue weighted by atomic mass is 16.3. The molecule has 128 valence electrons. The molecule has 0 bridgehead atoms. The molecule has 3 N–H and O–H groups in total. The predicted molar refractivity (Wildman–Crippen MR) is 96.8 cm³/mol. The molecule has 1 aliphatic heterocycles. The minimum atomic E-state index is -0.0489. The Morgan fingerprint density at radius 2 is 2.04 bits per heavy atom. The van der Waals surface area contributed by atoms with E-state index in [9.17, 15) is 5.11 Å². The molecule has 3 rings (SSSR count). The molecule has 2 heterocycles. The van der Waals surface area contributed by atoms with E-state index in [-0.39, 0.29) is 12.0 Å². The first-order chi connectivity index (χ1) is 11.7. The minimum absolute atomic E-state index is 0.0489. The fourth-order valence-electron chi connectivity index (χ4n) is 3.67. The summed E-state index contributed by atoms with van der Waals surface area (Å²) < 4.78 is 0. The monoisotopic (exact) mass is 326 g/mol. The SMILES string of the molecule is Nc1nccc(N2CCC[C@@](CO)(CCCc3ccccc3)C2)n1. The Hall–Kier alpha value is -2.14. The number of nitrogens with zero attached hydrogens (tertiary/aromatic N) is 3. The van der Waals surface area contributed by atoms with Crippen LogP contribution in [-0.2, 0) is 6.42 Å². The second-order valence-corrected chi connectivity index (χ2v) is 6.80. The molecule has 1 aromatic carbocycles. The van der Waals surface area contributed by atoms with Crippen molar-refractivity contribution in [1.29, 1.82) is 0 Å². The summed E-state index contributed by atoms with van der Waals surface area (Å²) in [5, 5.41) is 10.1. The summed E-state index contributed by atoms with van der Waals surface area (Å²) in [5.74, 6) is 1.17. The van der Waals surface area contributed by atoms with Gasteiger partial charge in [0.05, 0.1) is 6.61 Å². The maximum atomic E-state index is 10.1. The van der Waals surface area contributed by atoms with Crippen LogP contribution in [0, 0.1) is 5.41 Å². The zero-order valence-corrected chi connectivity index (χ0v) is 14.1. The lowest BCUT2D eigenvalue weighted by molar-refractivity contribution is 0.0939. The van der Waals surface area contributed by atoms with Crippen LogP contribution in [-0.4, -0.2) is 34.8 Å². The van der Waals surface area contributed by atoms with E-state index in [4.69, 9.17) is 5.73 Å². The molecule has 0 spiro atoms. The Morgan fingerprint density at radius 3 is 2.79 bits per heavy atom. The zero-order valence-electron chi connectivity index (χ0n) is 14.1. The van der Waals surface area contributed by atoms with Gasteiger partial charge in [0.1, 0.15) is 5.82 Å². The molecule has 0 saturated carbocycles. The maximum Gasteiger partial charge on any atom is 0.221 e. The number of aliphatic hydroxyl groups excluding tert-OH is 1. The molecule has 0 unspecified atom stereocenters. The van der Waals surface area contributed by atoms with Crippen molar-refractivity contribution in [2.24, 2.45) is 5.41 Å². The number of aliphatic hydroxyl groups is 1. The van der Waals surface area contributed by atoms with Gasteiger partial charge in [-0.2, -0.15) is 4.98 Å². The highest BCUT2D eigenvalue weighted by Gasteiger charge is 2.35. The number of nitrogen functional groups attached to an aromatic ring is 1. The number of benzene rings is 1. The highest BCUT2D eigenvalue weighted by molar-refractivity contribution is 5.41. The standard InChI is InChI=1S/C19H26N4O/c20-18-21-12-9-17(22-18)23-13-5-11-19(14-23,15-24)10-4-8-16-6-2-1-3-7-16/h1-3,6-7,9,12,24H,4-5,8,10-11,13-15H2,(H2,20,21,22)/t19-/m0/s1. The van der Waals surface area contributed by atoms with Crippen LogP contribution in [0.1, 0.15) is 31.2 Å². The van der Waals surface area contributed by atoms with Gasteiger partial charge in [-0.05, 0) is 43.7 Å². The Morgan fingerprint density at radius 1 is 1.21 bits per heavy atom. The Bertz CT molecular complexity index is 649. The van der Waals surface area contributed by atoms with Crippen LogP contribution in [0.2, 0.25) is 0 Å². The molecule has 0 radical (unpaired) electrons. The third-order valence-corrected chi connectivity index (χ3v) is 5.00. The van der Waals surface area contributed by atoms with Gasteiger partial charge in [-0.3, -0.25) is 0 Å². The smallest absolute Gasteiger partial charge is 0.221 e. The molecular formula is C19H26N4O. The summed E-state index contributed by atoms with van der Waals surface area (Å²) in [6, 6.07) is 12.4. The molecule has 1 aromatic heterocycles. The van der Waals surface area contributed by atoms with Crippen LogP contribution in [0.15, 0.2) is 42.6 Å². The number of piperidine rings is 1. The van der Waals surface area contributed by atoms with Crippen LogP contribution in [0.4, 0.5) is 11.8 Å². The van der Waals surface area contributed by atoms with E-state index in [0.717, 1.165) is 51.0 Å². The number of rotatable bonds is 6. The molecule has 1 atom stereocenters. The van der Waals surface area contributed by atoms with Crippen molar-refractivity contribution in [2.45, 2.75) is 32.1 Å². The number of anilines is 2. The average Bonchev–Trinajstić information content (AvgIpc) is 2.63. The van der Waals surface area contributed by atoms with Gasteiger partial charge in [0, 0.05) is 24.7 Å². The van der Waals surface area contributed by atoms with E-state index in [0.29, 0.717) is 5.95 Å². The zero-order chi connectivity index (χ0) is 16.8. The van der Waals surface area contributed by atoms with E-state index in [1.165, 1.54) is 5.56 Å². The van der Waals surface area contributed by atoms with E-state index < -0.39 is 0 Å². The fraction of sp³-hybridized carbons (Fsp3) is 0.474. The van der Waals surface area contributed by atoms with E-state index >= 15 is 0 Å². The molecular weight excluding hydrogens is 300 g/mol. The third-order valence-electron chi connectivity index (χ3n) is 5.00. The van der Waals surface area contributed by atoms with Crippen LogP contribution in [0.25, 0.3) is 0 Å². The first-order valence-corrected chi connectivity index (χ1v) is 8.69. The molecule has 5 heteroatoms. The minimum Gasteiger partial charge on any atom is -0.396 e. The summed E-state index contributed by atoms with van der Waals surface area (Å²) in [7, 11) is 0. The van der Waals surface area contributed by atoms with Gasteiger partial charge in [0.25, 0.3) is 0 Å². The Kier molecular flexibility index (Phi) is 5.30. The van der Waals surface area contributed by atoms with Crippen molar-refractivity contribution < 1.29 is 5.11 Å². The first-order valence-electron chi connectivity index (χ1n) is 8.69. The lowest BCUT2D eigenvalue weighted by atomic mass is 9.76. The van der Waals surface area contributed by atoms with Gasteiger partial charge in [0.2, 0.25) is 5.95 Å². The number of aromatic nitrogens is 2. The molecule has 24 heavy (non-hydrogen) atoms. The first kappa shape index (κ1) is 16.7. The summed E-state index contributed by atoms with van der Waals surface area (Å²) in [5.41, 5.74) is 7.03. The van der Waals surface area contributed by atoms with E-state index in [1.54, 1.807) is 6.20 Å². The topological polar surface area (TPSA) is 75.3 Å². The maximum absolute atomic E-state index is 10.1. The van der Waals surface area contributed by atoms with Gasteiger partial charge < -0.3 is 15.7 Å². The normalized spacial score (nSPS) is 21.0. The average molecular weight is 326 g/mol. The summed E-state index contributed by atoms with van der Waals surface area (Å²) in [6.45, 7) is 2.00. The third kappa shape index (κ3) is 4.03. The van der Waals surface area contributed by atoms with Gasteiger partial charge in [-0.1, -0.05) is 30.3 Å². The number of hydrogen-bond donors (Lipinski definition) is 2. The van der Waals surface area contributed by atoms with Crippen LogP contribution < -0.4 is 10.6 Å². The molecule has 1 fully saturated rings. The molecule has 0 amide bonds. The number of nitrogens with two attached hydrogens (primary N) is 1. The predicted octanol–water partition coefficient (Wildman–Crippen LogP) is 2.66. The van der Waals surface area contributed by atoms with Crippen LogP contribution >= 0.6 is 0 Å². The molecule has 1 aliphatic rings. The summed E-state index contributed by atoms with van der Waals surface area (Å²) in [6.07, 6.45) is 7.00. The lowest BCUT2D eigenvalue weighted by Crippen LogP contribution is -2.46.